The summed E-state index contributed by atoms with van der Waals surface area (Å²) in [6.07, 6.45) is 1.94. The zero-order valence-electron chi connectivity index (χ0n) is 9.89. The topological polar surface area (TPSA) is 51.3 Å². The molecular formula is C12H19N3O. The van der Waals surface area contributed by atoms with Crippen LogP contribution >= 0.6 is 0 Å². The van der Waals surface area contributed by atoms with Gasteiger partial charge in [-0.15, -0.1) is 0 Å². The van der Waals surface area contributed by atoms with E-state index in [-0.39, 0.29) is 11.9 Å². The summed E-state index contributed by atoms with van der Waals surface area (Å²) >= 11 is 0. The van der Waals surface area contributed by atoms with E-state index in [0.29, 0.717) is 12.5 Å². The Morgan fingerprint density at radius 3 is 2.88 bits per heavy atom. The van der Waals surface area contributed by atoms with Crippen molar-refractivity contribution in [2.45, 2.75) is 26.4 Å². The average Bonchev–Trinajstić information content (AvgIpc) is 2.85. The number of amides is 1. The lowest BCUT2D eigenvalue weighted by Crippen LogP contribution is -2.33. The van der Waals surface area contributed by atoms with Gasteiger partial charge in [0.25, 0.3) is 5.91 Å². The molecule has 2 heterocycles. The van der Waals surface area contributed by atoms with E-state index in [2.05, 4.69) is 6.92 Å². The molecule has 4 nitrogen and oxygen atoms in total. The molecule has 2 N–H and O–H groups in total. The number of nitrogens with two attached hydrogens (primary N) is 1. The molecule has 1 saturated heterocycles. The third-order valence-corrected chi connectivity index (χ3v) is 3.35. The highest BCUT2D eigenvalue weighted by molar-refractivity contribution is 5.93. The third kappa shape index (κ3) is 1.85. The first kappa shape index (κ1) is 11.2. The molecule has 88 valence electrons. The van der Waals surface area contributed by atoms with E-state index in [4.69, 9.17) is 5.73 Å². The molecule has 2 rings (SSSR count). The largest absolute Gasteiger partial charge is 0.344 e. The summed E-state index contributed by atoms with van der Waals surface area (Å²) in [6.45, 7) is 6.40. The van der Waals surface area contributed by atoms with E-state index < -0.39 is 0 Å². The molecule has 1 amide bonds. The number of rotatable bonds is 2. The zero-order valence-corrected chi connectivity index (χ0v) is 9.89. The molecule has 0 spiro atoms. The van der Waals surface area contributed by atoms with Crippen LogP contribution in [-0.2, 0) is 6.54 Å². The summed E-state index contributed by atoms with van der Waals surface area (Å²) in [5, 5.41) is 0. The van der Waals surface area contributed by atoms with Gasteiger partial charge in [-0.1, -0.05) is 6.92 Å². The fourth-order valence-electron chi connectivity index (χ4n) is 2.20. The maximum absolute atomic E-state index is 12.2. The van der Waals surface area contributed by atoms with Crippen molar-refractivity contribution in [3.05, 3.63) is 24.0 Å². The Kier molecular flexibility index (Phi) is 3.01. The van der Waals surface area contributed by atoms with Crippen molar-refractivity contribution in [2.24, 2.45) is 11.7 Å². The highest BCUT2D eigenvalue weighted by Crippen LogP contribution is 2.17. The predicted octanol–water partition coefficient (Wildman–Crippen LogP) is 0.927. The Labute approximate surface area is 96.0 Å². The SMILES string of the molecule is CCn1cccc1C(=O)N1CC(C)C(N)C1. The second kappa shape index (κ2) is 4.29. The molecule has 16 heavy (non-hydrogen) atoms. The number of hydrogen-bond acceptors (Lipinski definition) is 2. The molecule has 0 bridgehead atoms. The van der Waals surface area contributed by atoms with Crippen LogP contribution in [-0.4, -0.2) is 34.5 Å². The summed E-state index contributed by atoms with van der Waals surface area (Å²) in [7, 11) is 0. The Hall–Kier alpha value is -1.29. The maximum Gasteiger partial charge on any atom is 0.270 e. The lowest BCUT2D eigenvalue weighted by Gasteiger charge is -2.16. The Bertz CT molecular complexity index is 375. The normalized spacial score (nSPS) is 25.1. The number of likely N-dealkylation sites (tertiary alicyclic amines) is 1. The maximum atomic E-state index is 12.2. The Morgan fingerprint density at radius 1 is 1.56 bits per heavy atom. The fraction of sp³-hybridized carbons (Fsp3) is 0.583. The minimum atomic E-state index is 0.103. The molecular weight excluding hydrogens is 202 g/mol. The van der Waals surface area contributed by atoms with Crippen molar-refractivity contribution in [3.8, 4) is 0 Å². The summed E-state index contributed by atoms with van der Waals surface area (Å²) in [5.74, 6) is 0.501. The van der Waals surface area contributed by atoms with E-state index >= 15 is 0 Å². The molecule has 1 aliphatic rings. The van der Waals surface area contributed by atoms with Gasteiger partial charge < -0.3 is 15.2 Å². The average molecular weight is 221 g/mol. The Morgan fingerprint density at radius 2 is 2.31 bits per heavy atom. The molecule has 2 atom stereocenters. The van der Waals surface area contributed by atoms with E-state index in [1.165, 1.54) is 0 Å². The van der Waals surface area contributed by atoms with Gasteiger partial charge in [0.1, 0.15) is 5.69 Å². The molecule has 1 aromatic rings. The molecule has 2 unspecified atom stereocenters. The molecule has 1 fully saturated rings. The number of carbonyl (C=O) groups excluding carboxylic acids is 1. The van der Waals surface area contributed by atoms with E-state index in [1.807, 2.05) is 34.7 Å². The van der Waals surface area contributed by atoms with Gasteiger partial charge in [-0.3, -0.25) is 4.79 Å². The minimum absolute atomic E-state index is 0.103. The van der Waals surface area contributed by atoms with Crippen LogP contribution in [0.3, 0.4) is 0 Å². The first-order valence-electron chi connectivity index (χ1n) is 5.83. The smallest absolute Gasteiger partial charge is 0.270 e. The summed E-state index contributed by atoms with van der Waals surface area (Å²) in [4.78, 5) is 14.1. The molecule has 1 aromatic heterocycles. The molecule has 1 aliphatic heterocycles. The van der Waals surface area contributed by atoms with Gasteiger partial charge in [0.2, 0.25) is 0 Å². The first-order chi connectivity index (χ1) is 7.63. The van der Waals surface area contributed by atoms with Crippen LogP contribution in [0.2, 0.25) is 0 Å². The molecule has 4 heteroatoms. The zero-order chi connectivity index (χ0) is 11.7. The number of carbonyl (C=O) groups is 1. The molecule has 0 radical (unpaired) electrons. The lowest BCUT2D eigenvalue weighted by atomic mass is 10.1. The van der Waals surface area contributed by atoms with Crippen LogP contribution in [0.15, 0.2) is 18.3 Å². The van der Waals surface area contributed by atoms with Crippen LogP contribution in [0.25, 0.3) is 0 Å². The minimum Gasteiger partial charge on any atom is -0.344 e. The lowest BCUT2D eigenvalue weighted by molar-refractivity contribution is 0.0776. The van der Waals surface area contributed by atoms with Crippen LogP contribution in [0.1, 0.15) is 24.3 Å². The molecule has 0 saturated carbocycles. The van der Waals surface area contributed by atoms with Crippen molar-refractivity contribution in [1.82, 2.24) is 9.47 Å². The second-order valence-electron chi connectivity index (χ2n) is 4.53. The van der Waals surface area contributed by atoms with Gasteiger partial charge in [-0.2, -0.15) is 0 Å². The van der Waals surface area contributed by atoms with Gasteiger partial charge >= 0.3 is 0 Å². The van der Waals surface area contributed by atoms with Crippen LogP contribution in [0, 0.1) is 5.92 Å². The number of aryl methyl sites for hydroxylation is 1. The number of hydrogen-bond donors (Lipinski definition) is 1. The highest BCUT2D eigenvalue weighted by atomic mass is 16.2. The monoisotopic (exact) mass is 221 g/mol. The van der Waals surface area contributed by atoms with Crippen molar-refractivity contribution < 1.29 is 4.79 Å². The van der Waals surface area contributed by atoms with Gasteiger partial charge in [0.05, 0.1) is 0 Å². The quantitative estimate of drug-likeness (QED) is 0.807. The van der Waals surface area contributed by atoms with Crippen LogP contribution in [0.5, 0.6) is 0 Å². The summed E-state index contributed by atoms with van der Waals surface area (Å²) in [5.41, 5.74) is 6.70. The van der Waals surface area contributed by atoms with Gasteiger partial charge in [0.15, 0.2) is 0 Å². The first-order valence-corrected chi connectivity index (χ1v) is 5.83. The predicted molar refractivity (Wildman–Crippen MR) is 63.1 cm³/mol. The fourth-order valence-corrected chi connectivity index (χ4v) is 2.20. The van der Waals surface area contributed by atoms with Crippen molar-refractivity contribution in [3.63, 3.8) is 0 Å². The number of aromatic nitrogens is 1. The molecule has 0 aromatic carbocycles. The summed E-state index contributed by atoms with van der Waals surface area (Å²) in [6, 6.07) is 3.91. The van der Waals surface area contributed by atoms with Gasteiger partial charge in [-0.25, -0.2) is 0 Å². The van der Waals surface area contributed by atoms with Crippen molar-refractivity contribution >= 4 is 5.91 Å². The van der Waals surface area contributed by atoms with Crippen LogP contribution < -0.4 is 5.73 Å². The van der Waals surface area contributed by atoms with E-state index in [0.717, 1.165) is 18.8 Å². The Balaban J connectivity index is 2.14. The molecule has 0 aliphatic carbocycles. The second-order valence-corrected chi connectivity index (χ2v) is 4.53. The van der Waals surface area contributed by atoms with Crippen molar-refractivity contribution in [1.29, 1.82) is 0 Å². The standard InChI is InChI=1S/C12H19N3O/c1-3-14-6-4-5-11(14)12(16)15-7-9(2)10(13)8-15/h4-6,9-10H,3,7-8,13H2,1-2H3. The van der Waals surface area contributed by atoms with Crippen LogP contribution in [0.4, 0.5) is 0 Å². The van der Waals surface area contributed by atoms with E-state index in [1.54, 1.807) is 0 Å². The third-order valence-electron chi connectivity index (χ3n) is 3.35. The van der Waals surface area contributed by atoms with Gasteiger partial charge in [0, 0.05) is 31.9 Å². The summed E-state index contributed by atoms with van der Waals surface area (Å²) < 4.78 is 1.97. The highest BCUT2D eigenvalue weighted by Gasteiger charge is 2.31. The van der Waals surface area contributed by atoms with Gasteiger partial charge in [-0.05, 0) is 25.0 Å². The number of nitrogens with zero attached hydrogens (tertiary/aromatic N) is 2. The van der Waals surface area contributed by atoms with Crippen molar-refractivity contribution in [2.75, 3.05) is 13.1 Å². The van der Waals surface area contributed by atoms with E-state index in [9.17, 15) is 4.79 Å².